The lowest BCUT2D eigenvalue weighted by molar-refractivity contribution is -0.171. The lowest BCUT2D eigenvalue weighted by Gasteiger charge is -2.26. The molecule has 1 heterocycles. The highest BCUT2D eigenvalue weighted by Gasteiger charge is 2.41. The van der Waals surface area contributed by atoms with E-state index in [0.717, 1.165) is 11.9 Å². The Morgan fingerprint density at radius 2 is 1.88 bits per heavy atom. The number of carbonyl (C=O) groups excluding carboxylic acids is 1. The third-order valence-corrected chi connectivity index (χ3v) is 4.75. The summed E-state index contributed by atoms with van der Waals surface area (Å²) in [6, 6.07) is 0. The van der Waals surface area contributed by atoms with E-state index in [4.69, 9.17) is 14.9 Å². The monoisotopic (exact) mass is 380 g/mol. The molecule has 3 atom stereocenters. The van der Waals surface area contributed by atoms with Gasteiger partial charge in [-0.05, 0) is 26.7 Å². The number of carboxylic acids is 2. The average Bonchev–Trinajstić information content (AvgIpc) is 2.47. The van der Waals surface area contributed by atoms with Crippen LogP contribution in [0.15, 0.2) is 0 Å². The second-order valence-corrected chi connectivity index (χ2v) is 7.27. The maximum absolute atomic E-state index is 10.9. The maximum atomic E-state index is 10.9. The number of ether oxygens (including phenoxy) is 2. The van der Waals surface area contributed by atoms with Crippen LogP contribution in [0.3, 0.4) is 0 Å². The lowest BCUT2D eigenvalue weighted by Crippen LogP contribution is -2.43. The molecule has 0 aliphatic carbocycles. The number of carbonyl (C=O) groups is 3. The smallest absolute Gasteiger partial charge is 0.336 e. The summed E-state index contributed by atoms with van der Waals surface area (Å²) in [6.07, 6.45) is 1.98. The normalized spacial score (nSPS) is 22.1. The Bertz CT molecular complexity index is 440. The van der Waals surface area contributed by atoms with Gasteiger partial charge >= 0.3 is 17.9 Å². The summed E-state index contributed by atoms with van der Waals surface area (Å²) in [4.78, 5) is 31.8. The van der Waals surface area contributed by atoms with E-state index in [2.05, 4.69) is 18.6 Å². The van der Waals surface area contributed by atoms with Crippen molar-refractivity contribution < 1.29 is 39.2 Å². The van der Waals surface area contributed by atoms with Crippen LogP contribution in [0, 0.1) is 0 Å². The molecule has 1 aliphatic rings. The molecule has 1 fully saturated rings. The predicted octanol–water partition coefficient (Wildman–Crippen LogP) is 1.88. The van der Waals surface area contributed by atoms with Crippen LogP contribution in [-0.2, 0) is 23.9 Å². The Morgan fingerprint density at radius 1 is 1.24 bits per heavy atom. The Labute approximate surface area is 151 Å². The van der Waals surface area contributed by atoms with Crippen molar-refractivity contribution >= 4 is 29.7 Å². The average molecular weight is 380 g/mol. The number of thioether (sulfide) groups is 1. The second kappa shape index (κ2) is 12.1. The maximum Gasteiger partial charge on any atom is 0.336 e. The molecule has 0 bridgehead atoms. The van der Waals surface area contributed by atoms with Crippen molar-refractivity contribution in [2.24, 2.45) is 0 Å². The van der Waals surface area contributed by atoms with Gasteiger partial charge < -0.3 is 24.8 Å². The molecule has 25 heavy (non-hydrogen) atoms. The van der Waals surface area contributed by atoms with Crippen LogP contribution in [0.4, 0.5) is 0 Å². The number of esters is 1. The second-order valence-electron chi connectivity index (χ2n) is 5.66. The van der Waals surface area contributed by atoms with Gasteiger partial charge in [0.2, 0.25) is 0 Å². The third kappa shape index (κ3) is 10.3. The Kier molecular flexibility index (Phi) is 11.5. The fourth-order valence-corrected chi connectivity index (χ4v) is 3.51. The van der Waals surface area contributed by atoms with Crippen LogP contribution >= 0.6 is 11.8 Å². The van der Waals surface area contributed by atoms with Gasteiger partial charge in [-0.25, -0.2) is 4.79 Å². The van der Waals surface area contributed by atoms with Crippen molar-refractivity contribution in [3.63, 3.8) is 0 Å². The minimum absolute atomic E-state index is 0.0294. The van der Waals surface area contributed by atoms with Crippen molar-refractivity contribution in [2.75, 3.05) is 13.2 Å². The molecule has 0 aromatic carbocycles. The van der Waals surface area contributed by atoms with E-state index in [0.29, 0.717) is 5.44 Å². The number of rotatable bonds is 8. The third-order valence-electron chi connectivity index (χ3n) is 3.37. The molecule has 0 aromatic rings. The minimum atomic E-state index is -2.61. The molecule has 1 saturated heterocycles. The van der Waals surface area contributed by atoms with Crippen LogP contribution in [0.2, 0.25) is 0 Å². The fraction of sp³-hybridized carbons (Fsp3) is 0.812. The zero-order valence-electron chi connectivity index (χ0n) is 14.9. The molecule has 3 N–H and O–H groups in total. The number of aliphatic carboxylic acids is 2. The highest BCUT2D eigenvalue weighted by atomic mass is 32.2. The van der Waals surface area contributed by atoms with Gasteiger partial charge in [-0.3, -0.25) is 9.59 Å². The van der Waals surface area contributed by atoms with E-state index >= 15 is 0 Å². The van der Waals surface area contributed by atoms with Crippen LogP contribution in [0.1, 0.15) is 52.9 Å². The summed E-state index contributed by atoms with van der Waals surface area (Å²) < 4.78 is 9.83. The topological polar surface area (TPSA) is 130 Å². The first-order valence-corrected chi connectivity index (χ1v) is 9.19. The van der Waals surface area contributed by atoms with Gasteiger partial charge in [0.25, 0.3) is 0 Å². The Hall–Kier alpha value is -1.32. The SMILES string of the molecule is CCCC1CCOC(C)S1.CCOC(=O)CC(O)(CC(=O)O)C(=O)O. The largest absolute Gasteiger partial charge is 0.481 e. The van der Waals surface area contributed by atoms with Crippen molar-refractivity contribution in [1.82, 2.24) is 0 Å². The first kappa shape index (κ1) is 23.7. The van der Waals surface area contributed by atoms with Crippen LogP contribution in [0.5, 0.6) is 0 Å². The van der Waals surface area contributed by atoms with Gasteiger partial charge in [-0.1, -0.05) is 13.3 Å². The van der Waals surface area contributed by atoms with Crippen molar-refractivity contribution in [1.29, 1.82) is 0 Å². The van der Waals surface area contributed by atoms with Crippen LogP contribution < -0.4 is 0 Å². The number of hydrogen-bond acceptors (Lipinski definition) is 7. The minimum Gasteiger partial charge on any atom is -0.481 e. The molecule has 146 valence electrons. The molecule has 0 amide bonds. The van der Waals surface area contributed by atoms with Gasteiger partial charge in [0, 0.05) is 11.9 Å². The summed E-state index contributed by atoms with van der Waals surface area (Å²) in [6.45, 7) is 6.91. The van der Waals surface area contributed by atoms with Gasteiger partial charge in [0.1, 0.15) is 5.44 Å². The Morgan fingerprint density at radius 3 is 2.32 bits per heavy atom. The predicted molar refractivity (Wildman–Crippen MR) is 92.4 cm³/mol. The van der Waals surface area contributed by atoms with E-state index in [-0.39, 0.29) is 6.61 Å². The van der Waals surface area contributed by atoms with E-state index in [1.807, 2.05) is 11.8 Å². The van der Waals surface area contributed by atoms with Gasteiger partial charge in [0.05, 0.1) is 19.4 Å². The molecular formula is C16H28O8S. The van der Waals surface area contributed by atoms with E-state index in [1.54, 1.807) is 0 Å². The summed E-state index contributed by atoms with van der Waals surface area (Å²) in [5.74, 6) is -4.23. The zero-order chi connectivity index (χ0) is 19.5. The quantitative estimate of drug-likeness (QED) is 0.540. The van der Waals surface area contributed by atoms with E-state index in [9.17, 15) is 19.5 Å². The molecule has 8 nitrogen and oxygen atoms in total. The summed E-state index contributed by atoms with van der Waals surface area (Å²) >= 11 is 1.99. The first-order valence-electron chi connectivity index (χ1n) is 8.24. The fourth-order valence-electron chi connectivity index (χ4n) is 2.19. The lowest BCUT2D eigenvalue weighted by atomic mass is 9.96. The Balaban J connectivity index is 0.000000496. The van der Waals surface area contributed by atoms with E-state index < -0.39 is 36.4 Å². The zero-order valence-corrected chi connectivity index (χ0v) is 15.7. The summed E-state index contributed by atoms with van der Waals surface area (Å²) in [5.41, 5.74) is -2.18. The number of hydrogen-bond donors (Lipinski definition) is 3. The molecule has 0 radical (unpaired) electrons. The molecule has 0 saturated carbocycles. The summed E-state index contributed by atoms with van der Waals surface area (Å²) in [5, 5.41) is 27.2. The van der Waals surface area contributed by atoms with Crippen molar-refractivity contribution in [3.05, 3.63) is 0 Å². The van der Waals surface area contributed by atoms with Gasteiger partial charge in [-0.2, -0.15) is 0 Å². The highest BCUT2D eigenvalue weighted by molar-refractivity contribution is 8.00. The number of carboxylic acid groups (broad SMARTS) is 2. The summed E-state index contributed by atoms with van der Waals surface area (Å²) in [7, 11) is 0. The first-order chi connectivity index (χ1) is 11.6. The van der Waals surface area contributed by atoms with Gasteiger partial charge in [0.15, 0.2) is 5.60 Å². The molecule has 0 spiro atoms. The molecule has 3 unspecified atom stereocenters. The molecule has 0 aromatic heterocycles. The molecule has 9 heteroatoms. The molecule has 1 aliphatic heterocycles. The van der Waals surface area contributed by atoms with E-state index in [1.165, 1.54) is 26.2 Å². The molecular weight excluding hydrogens is 352 g/mol. The van der Waals surface area contributed by atoms with Crippen LogP contribution in [-0.4, -0.2) is 62.7 Å². The number of aliphatic hydroxyl groups is 1. The van der Waals surface area contributed by atoms with Crippen molar-refractivity contribution in [3.8, 4) is 0 Å². The van der Waals surface area contributed by atoms with Crippen molar-refractivity contribution in [2.45, 2.75) is 69.2 Å². The van der Waals surface area contributed by atoms with Gasteiger partial charge in [-0.15, -0.1) is 11.8 Å². The van der Waals surface area contributed by atoms with Crippen LogP contribution in [0.25, 0.3) is 0 Å². The standard InChI is InChI=1S/C8H12O7.C8H16OS/c1-2-15-6(11)4-8(14,7(12)13)3-5(9)10;1-3-4-8-5-6-9-7(2)10-8/h14H,2-4H2,1H3,(H,9,10)(H,12,13);7-8H,3-6H2,1-2H3. The highest BCUT2D eigenvalue weighted by Crippen LogP contribution is 2.29. The molecule has 1 rings (SSSR count).